The summed E-state index contributed by atoms with van der Waals surface area (Å²) < 4.78 is 5.20. The fraction of sp³-hybridized carbons (Fsp3) is 0.900. The fourth-order valence-corrected chi connectivity index (χ4v) is 1.16. The predicted octanol–water partition coefficient (Wildman–Crippen LogP) is 0.513. The molecule has 3 N–H and O–H groups in total. The van der Waals surface area contributed by atoms with Crippen molar-refractivity contribution in [1.29, 1.82) is 0 Å². The molecule has 1 amide bonds. The molecule has 0 heterocycles. The van der Waals surface area contributed by atoms with Crippen LogP contribution in [0.1, 0.15) is 27.2 Å². The Balaban J connectivity index is 3.79. The van der Waals surface area contributed by atoms with Crippen LogP contribution in [-0.2, 0) is 9.53 Å². The van der Waals surface area contributed by atoms with Gasteiger partial charge in [-0.15, -0.1) is 0 Å². The van der Waals surface area contributed by atoms with Crippen molar-refractivity contribution in [3.63, 3.8) is 0 Å². The van der Waals surface area contributed by atoms with E-state index >= 15 is 0 Å². The number of hydrogen-bond donors (Lipinski definition) is 2. The van der Waals surface area contributed by atoms with Gasteiger partial charge in [0.2, 0.25) is 5.91 Å². The molecular formula is C10H22N2O2. The van der Waals surface area contributed by atoms with Crippen molar-refractivity contribution in [1.82, 2.24) is 5.32 Å². The van der Waals surface area contributed by atoms with E-state index in [2.05, 4.69) is 5.32 Å². The number of ether oxygens (including phenoxy) is 1. The minimum absolute atomic E-state index is 0.0298. The summed E-state index contributed by atoms with van der Waals surface area (Å²) in [6.45, 7) is 7.46. The molecule has 0 fully saturated rings. The minimum Gasteiger partial charge on any atom is -0.380 e. The van der Waals surface area contributed by atoms with Crippen LogP contribution in [0.4, 0.5) is 0 Å². The summed E-state index contributed by atoms with van der Waals surface area (Å²) in [4.78, 5) is 11.5. The van der Waals surface area contributed by atoms with Crippen molar-refractivity contribution in [2.75, 3.05) is 19.8 Å². The molecule has 2 atom stereocenters. The number of carbonyl (C=O) groups is 1. The van der Waals surface area contributed by atoms with Crippen LogP contribution in [0.5, 0.6) is 0 Å². The molecule has 0 bridgehead atoms. The van der Waals surface area contributed by atoms with Gasteiger partial charge >= 0.3 is 0 Å². The van der Waals surface area contributed by atoms with Gasteiger partial charge in [0.1, 0.15) is 0 Å². The second kappa shape index (κ2) is 7.76. The fourth-order valence-electron chi connectivity index (χ4n) is 1.16. The Morgan fingerprint density at radius 1 is 1.50 bits per heavy atom. The molecule has 14 heavy (non-hydrogen) atoms. The van der Waals surface area contributed by atoms with E-state index in [1.54, 1.807) is 0 Å². The van der Waals surface area contributed by atoms with Gasteiger partial charge in [-0.25, -0.2) is 0 Å². The molecule has 0 aromatic carbocycles. The van der Waals surface area contributed by atoms with Crippen molar-refractivity contribution < 1.29 is 9.53 Å². The Kier molecular flexibility index (Phi) is 7.42. The molecule has 0 aliphatic carbocycles. The highest BCUT2D eigenvalue weighted by Crippen LogP contribution is 2.00. The number of carbonyl (C=O) groups excluding carboxylic acids is 1. The average molecular weight is 202 g/mol. The van der Waals surface area contributed by atoms with Crippen LogP contribution >= 0.6 is 0 Å². The second-order valence-electron chi connectivity index (χ2n) is 3.41. The first kappa shape index (κ1) is 13.4. The highest BCUT2D eigenvalue weighted by molar-refractivity contribution is 5.79. The standard InChI is InChI=1S/C10H22N2O2/c1-4-9(6-11)10(13)12-8(3)7-14-5-2/h8-9H,4-7,11H2,1-3H3,(H,12,13). The van der Waals surface area contributed by atoms with E-state index in [-0.39, 0.29) is 17.9 Å². The van der Waals surface area contributed by atoms with Gasteiger partial charge in [-0.05, 0) is 20.3 Å². The lowest BCUT2D eigenvalue weighted by molar-refractivity contribution is -0.125. The summed E-state index contributed by atoms with van der Waals surface area (Å²) in [7, 11) is 0. The van der Waals surface area contributed by atoms with Crippen molar-refractivity contribution in [3.05, 3.63) is 0 Å². The van der Waals surface area contributed by atoms with E-state index in [1.807, 2.05) is 20.8 Å². The molecule has 0 radical (unpaired) electrons. The number of rotatable bonds is 7. The summed E-state index contributed by atoms with van der Waals surface area (Å²) in [5.74, 6) is -0.0405. The Morgan fingerprint density at radius 3 is 2.57 bits per heavy atom. The van der Waals surface area contributed by atoms with Crippen molar-refractivity contribution in [3.8, 4) is 0 Å². The van der Waals surface area contributed by atoms with E-state index in [4.69, 9.17) is 10.5 Å². The maximum Gasteiger partial charge on any atom is 0.224 e. The summed E-state index contributed by atoms with van der Waals surface area (Å²) in [6, 6.07) is 0.0584. The summed E-state index contributed by atoms with van der Waals surface area (Å²) in [5.41, 5.74) is 5.47. The quantitative estimate of drug-likeness (QED) is 0.632. The Labute approximate surface area is 86.2 Å². The maximum atomic E-state index is 11.5. The molecule has 0 aliphatic heterocycles. The van der Waals surface area contributed by atoms with E-state index in [0.29, 0.717) is 19.8 Å². The van der Waals surface area contributed by atoms with Gasteiger partial charge in [-0.2, -0.15) is 0 Å². The summed E-state index contributed by atoms with van der Waals surface area (Å²) >= 11 is 0. The van der Waals surface area contributed by atoms with Crippen LogP contribution in [0, 0.1) is 5.92 Å². The number of nitrogens with two attached hydrogens (primary N) is 1. The molecule has 4 nitrogen and oxygen atoms in total. The van der Waals surface area contributed by atoms with Gasteiger partial charge < -0.3 is 15.8 Å². The largest absolute Gasteiger partial charge is 0.380 e. The van der Waals surface area contributed by atoms with Crippen molar-refractivity contribution in [2.45, 2.75) is 33.2 Å². The minimum atomic E-state index is -0.0703. The molecule has 4 heteroatoms. The van der Waals surface area contributed by atoms with E-state index < -0.39 is 0 Å². The SMILES string of the molecule is CCOCC(C)NC(=O)C(CC)CN. The molecule has 0 aromatic heterocycles. The first-order chi connectivity index (χ1) is 6.65. The van der Waals surface area contributed by atoms with Gasteiger partial charge in [-0.1, -0.05) is 6.92 Å². The normalized spacial score (nSPS) is 14.9. The first-order valence-corrected chi connectivity index (χ1v) is 5.23. The zero-order chi connectivity index (χ0) is 11.0. The molecule has 0 rings (SSSR count). The molecule has 0 saturated carbocycles. The van der Waals surface area contributed by atoms with Gasteiger partial charge in [0.25, 0.3) is 0 Å². The molecule has 0 saturated heterocycles. The highest BCUT2D eigenvalue weighted by Gasteiger charge is 2.16. The third kappa shape index (κ3) is 5.19. The lowest BCUT2D eigenvalue weighted by atomic mass is 10.1. The lowest BCUT2D eigenvalue weighted by Crippen LogP contribution is -2.41. The molecule has 0 aliphatic rings. The van der Waals surface area contributed by atoms with Gasteiger partial charge in [-0.3, -0.25) is 4.79 Å². The number of hydrogen-bond acceptors (Lipinski definition) is 3. The third-order valence-corrected chi connectivity index (χ3v) is 2.11. The van der Waals surface area contributed by atoms with E-state index in [0.717, 1.165) is 6.42 Å². The van der Waals surface area contributed by atoms with Gasteiger partial charge in [0.15, 0.2) is 0 Å². The number of nitrogens with one attached hydrogen (secondary N) is 1. The Hall–Kier alpha value is -0.610. The third-order valence-electron chi connectivity index (χ3n) is 2.11. The monoisotopic (exact) mass is 202 g/mol. The molecular weight excluding hydrogens is 180 g/mol. The second-order valence-corrected chi connectivity index (χ2v) is 3.41. The van der Waals surface area contributed by atoms with E-state index in [1.165, 1.54) is 0 Å². The Morgan fingerprint density at radius 2 is 2.14 bits per heavy atom. The highest BCUT2D eigenvalue weighted by atomic mass is 16.5. The Bertz CT molecular complexity index is 158. The van der Waals surface area contributed by atoms with Crippen LogP contribution in [0.15, 0.2) is 0 Å². The number of amides is 1. The predicted molar refractivity (Wildman–Crippen MR) is 56.9 cm³/mol. The van der Waals surface area contributed by atoms with Crippen LogP contribution in [0.3, 0.4) is 0 Å². The summed E-state index contributed by atoms with van der Waals surface area (Å²) in [6.07, 6.45) is 0.781. The van der Waals surface area contributed by atoms with Crippen molar-refractivity contribution in [2.24, 2.45) is 11.7 Å². The first-order valence-electron chi connectivity index (χ1n) is 5.23. The van der Waals surface area contributed by atoms with Gasteiger partial charge in [0, 0.05) is 25.1 Å². The zero-order valence-corrected chi connectivity index (χ0v) is 9.38. The van der Waals surface area contributed by atoms with Crippen LogP contribution < -0.4 is 11.1 Å². The van der Waals surface area contributed by atoms with Crippen molar-refractivity contribution >= 4 is 5.91 Å². The zero-order valence-electron chi connectivity index (χ0n) is 9.38. The van der Waals surface area contributed by atoms with Crippen LogP contribution in [0.25, 0.3) is 0 Å². The van der Waals surface area contributed by atoms with Gasteiger partial charge in [0.05, 0.1) is 6.61 Å². The average Bonchev–Trinajstić information content (AvgIpc) is 2.16. The topological polar surface area (TPSA) is 64.3 Å². The smallest absolute Gasteiger partial charge is 0.224 e. The summed E-state index contributed by atoms with van der Waals surface area (Å²) in [5, 5.41) is 2.87. The molecule has 0 spiro atoms. The maximum absolute atomic E-state index is 11.5. The lowest BCUT2D eigenvalue weighted by Gasteiger charge is -2.17. The molecule has 84 valence electrons. The van der Waals surface area contributed by atoms with E-state index in [9.17, 15) is 4.79 Å². The van der Waals surface area contributed by atoms with Crippen LogP contribution in [0.2, 0.25) is 0 Å². The van der Waals surface area contributed by atoms with Crippen LogP contribution in [-0.4, -0.2) is 31.7 Å². The molecule has 0 aromatic rings. The molecule has 2 unspecified atom stereocenters.